The Morgan fingerprint density at radius 1 is 1.25 bits per heavy atom. The molecule has 0 fully saturated rings. The summed E-state index contributed by atoms with van der Waals surface area (Å²) in [5, 5.41) is 13.6. The van der Waals surface area contributed by atoms with Gasteiger partial charge in [0.1, 0.15) is 18.9 Å². The third-order valence-electron chi connectivity index (χ3n) is 3.62. The Bertz CT molecular complexity index is 896. The zero-order valence-electron chi connectivity index (χ0n) is 14.7. The van der Waals surface area contributed by atoms with Crippen molar-refractivity contribution in [3.63, 3.8) is 0 Å². The van der Waals surface area contributed by atoms with Crippen molar-refractivity contribution in [2.24, 2.45) is 0 Å². The third kappa shape index (κ3) is 5.86. The molecule has 0 saturated heterocycles. The number of carbonyl (C=O) groups excluding carboxylic acids is 1. The predicted molar refractivity (Wildman–Crippen MR) is 107 cm³/mol. The molecular formula is C19H18N2O5S2. The van der Waals surface area contributed by atoms with Crippen LogP contribution < -0.4 is 5.32 Å². The number of aliphatic carboxylic acids is 1. The first-order chi connectivity index (χ1) is 13.6. The van der Waals surface area contributed by atoms with Gasteiger partial charge in [-0.15, -0.1) is 11.3 Å². The van der Waals surface area contributed by atoms with Crippen LogP contribution in [0.15, 0.2) is 58.5 Å². The Kier molecular flexibility index (Phi) is 7.10. The second kappa shape index (κ2) is 9.95. The van der Waals surface area contributed by atoms with Crippen molar-refractivity contribution >= 4 is 35.2 Å². The molecule has 3 aromatic rings. The minimum Gasteiger partial charge on any atom is -0.480 e. The highest BCUT2D eigenvalue weighted by Crippen LogP contribution is 2.25. The molecule has 0 aliphatic rings. The Labute approximate surface area is 169 Å². The van der Waals surface area contributed by atoms with Gasteiger partial charge in [-0.1, -0.05) is 36.4 Å². The van der Waals surface area contributed by atoms with Crippen LogP contribution in [0.5, 0.6) is 0 Å². The average Bonchev–Trinajstić information content (AvgIpc) is 3.38. The Hall–Kier alpha value is -2.78. The van der Waals surface area contributed by atoms with E-state index in [2.05, 4.69) is 10.3 Å². The molecule has 1 amide bonds. The fourth-order valence-corrected chi connectivity index (χ4v) is 3.83. The van der Waals surface area contributed by atoms with Crippen LogP contribution in [0, 0.1) is 0 Å². The van der Waals surface area contributed by atoms with E-state index in [1.165, 1.54) is 23.1 Å². The van der Waals surface area contributed by atoms with Crippen LogP contribution in [0.3, 0.4) is 0 Å². The molecule has 1 unspecified atom stereocenters. The Morgan fingerprint density at radius 3 is 2.79 bits per heavy atom. The Morgan fingerprint density at radius 2 is 2.07 bits per heavy atom. The van der Waals surface area contributed by atoms with Gasteiger partial charge in [0.05, 0.1) is 10.6 Å². The predicted octanol–water partition coefficient (Wildman–Crippen LogP) is 4.02. The standard InChI is InChI=1S/C19H18N2O5S2/c22-18(23)15(21-19(24)26-9-13-5-2-1-3-6-13)12-27-11-14-10-25-17(20-14)16-7-4-8-28-16/h1-8,10,15H,9,11-12H2,(H,21,24)(H,22,23). The topological polar surface area (TPSA) is 102 Å². The lowest BCUT2D eigenvalue weighted by Crippen LogP contribution is -2.42. The number of ether oxygens (including phenoxy) is 1. The molecule has 146 valence electrons. The van der Waals surface area contributed by atoms with E-state index < -0.39 is 18.1 Å². The van der Waals surface area contributed by atoms with Crippen molar-refractivity contribution in [3.8, 4) is 10.8 Å². The minimum absolute atomic E-state index is 0.0800. The van der Waals surface area contributed by atoms with Crippen LogP contribution in [0.25, 0.3) is 10.8 Å². The fourth-order valence-electron chi connectivity index (χ4n) is 2.25. The van der Waals surface area contributed by atoms with Crippen molar-refractivity contribution < 1.29 is 23.8 Å². The molecule has 0 aliphatic carbocycles. The van der Waals surface area contributed by atoms with Gasteiger partial charge in [0, 0.05) is 11.5 Å². The number of nitrogens with one attached hydrogen (secondary N) is 1. The van der Waals surface area contributed by atoms with Crippen molar-refractivity contribution in [2.75, 3.05) is 5.75 Å². The van der Waals surface area contributed by atoms with Gasteiger partial charge in [0.2, 0.25) is 5.89 Å². The molecule has 1 atom stereocenters. The number of rotatable bonds is 9. The van der Waals surface area contributed by atoms with E-state index in [9.17, 15) is 14.7 Å². The van der Waals surface area contributed by atoms with Gasteiger partial charge in [0.25, 0.3) is 0 Å². The van der Waals surface area contributed by atoms with Crippen molar-refractivity contribution in [3.05, 3.63) is 65.4 Å². The molecular weight excluding hydrogens is 400 g/mol. The monoisotopic (exact) mass is 418 g/mol. The summed E-state index contributed by atoms with van der Waals surface area (Å²) in [7, 11) is 0. The SMILES string of the molecule is O=C(NC(CSCc1coc(-c2cccs2)n1)C(=O)O)OCc1ccccc1. The van der Waals surface area contributed by atoms with E-state index in [1.54, 1.807) is 6.26 Å². The van der Waals surface area contributed by atoms with E-state index in [4.69, 9.17) is 9.15 Å². The van der Waals surface area contributed by atoms with Crippen LogP contribution in [-0.2, 0) is 21.9 Å². The van der Waals surface area contributed by atoms with Gasteiger partial charge in [-0.25, -0.2) is 14.6 Å². The Balaban J connectivity index is 1.44. The molecule has 0 radical (unpaired) electrons. The number of aromatic nitrogens is 1. The molecule has 2 N–H and O–H groups in total. The molecule has 7 nitrogen and oxygen atoms in total. The fraction of sp³-hybridized carbons (Fsp3) is 0.211. The quantitative estimate of drug-likeness (QED) is 0.541. The molecule has 1 aromatic carbocycles. The van der Waals surface area contributed by atoms with E-state index in [-0.39, 0.29) is 12.4 Å². The van der Waals surface area contributed by atoms with Crippen molar-refractivity contribution in [1.82, 2.24) is 10.3 Å². The highest BCUT2D eigenvalue weighted by molar-refractivity contribution is 7.98. The van der Waals surface area contributed by atoms with E-state index in [0.717, 1.165) is 10.4 Å². The number of oxazole rings is 1. The minimum atomic E-state index is -1.12. The number of carbonyl (C=O) groups is 2. The average molecular weight is 418 g/mol. The van der Waals surface area contributed by atoms with Gasteiger partial charge in [-0.3, -0.25) is 0 Å². The lowest BCUT2D eigenvalue weighted by molar-refractivity contribution is -0.138. The van der Waals surface area contributed by atoms with Crippen LogP contribution in [0.1, 0.15) is 11.3 Å². The second-order valence-corrected chi connectivity index (χ2v) is 7.71. The van der Waals surface area contributed by atoms with Gasteiger partial charge in [0.15, 0.2) is 0 Å². The number of benzene rings is 1. The number of nitrogens with zero attached hydrogens (tertiary/aromatic N) is 1. The molecule has 2 aromatic heterocycles. The summed E-state index contributed by atoms with van der Waals surface area (Å²) in [4.78, 5) is 28.6. The van der Waals surface area contributed by atoms with Crippen molar-refractivity contribution in [2.45, 2.75) is 18.4 Å². The number of amides is 1. The van der Waals surface area contributed by atoms with Gasteiger partial charge in [-0.2, -0.15) is 11.8 Å². The van der Waals surface area contributed by atoms with E-state index in [1.807, 2.05) is 47.8 Å². The maximum atomic E-state index is 11.9. The largest absolute Gasteiger partial charge is 0.480 e. The molecule has 3 rings (SSSR count). The summed E-state index contributed by atoms with van der Waals surface area (Å²) < 4.78 is 10.5. The highest BCUT2D eigenvalue weighted by Gasteiger charge is 2.21. The molecule has 2 heterocycles. The first-order valence-electron chi connectivity index (χ1n) is 8.38. The first kappa shape index (κ1) is 20.0. The summed E-state index contributed by atoms with van der Waals surface area (Å²) in [6.07, 6.45) is 0.789. The first-order valence-corrected chi connectivity index (χ1v) is 10.4. The number of carboxylic acid groups (broad SMARTS) is 1. The lowest BCUT2D eigenvalue weighted by Gasteiger charge is -2.14. The zero-order valence-corrected chi connectivity index (χ0v) is 16.4. The smallest absolute Gasteiger partial charge is 0.408 e. The van der Waals surface area contributed by atoms with Crippen LogP contribution in [0.2, 0.25) is 0 Å². The van der Waals surface area contributed by atoms with Gasteiger partial charge in [-0.05, 0) is 17.0 Å². The second-order valence-electron chi connectivity index (χ2n) is 5.73. The van der Waals surface area contributed by atoms with Crippen LogP contribution in [-0.4, -0.2) is 33.9 Å². The summed E-state index contributed by atoms with van der Waals surface area (Å²) in [6, 6.07) is 11.9. The number of hydrogen-bond donors (Lipinski definition) is 2. The molecule has 0 spiro atoms. The molecule has 0 bridgehead atoms. The number of carboxylic acids is 1. The van der Waals surface area contributed by atoms with Gasteiger partial charge < -0.3 is 19.6 Å². The number of thiophene rings is 1. The molecule has 9 heteroatoms. The molecule has 28 heavy (non-hydrogen) atoms. The lowest BCUT2D eigenvalue weighted by atomic mass is 10.2. The van der Waals surface area contributed by atoms with E-state index in [0.29, 0.717) is 17.3 Å². The highest BCUT2D eigenvalue weighted by atomic mass is 32.2. The number of alkyl carbamates (subject to hydrolysis) is 1. The van der Waals surface area contributed by atoms with Crippen LogP contribution in [0.4, 0.5) is 4.79 Å². The maximum Gasteiger partial charge on any atom is 0.408 e. The number of hydrogen-bond acceptors (Lipinski definition) is 7. The van der Waals surface area contributed by atoms with Crippen molar-refractivity contribution in [1.29, 1.82) is 0 Å². The number of thioether (sulfide) groups is 1. The summed E-state index contributed by atoms with van der Waals surface area (Å²) in [5.41, 5.74) is 1.54. The zero-order chi connectivity index (χ0) is 19.8. The molecule has 0 aliphatic heterocycles. The third-order valence-corrected chi connectivity index (χ3v) is 5.55. The summed E-state index contributed by atoms with van der Waals surface area (Å²) in [6.45, 7) is 0.0800. The van der Waals surface area contributed by atoms with Gasteiger partial charge >= 0.3 is 12.1 Å². The summed E-state index contributed by atoms with van der Waals surface area (Å²) in [5.74, 6) is 0.0719. The maximum absolute atomic E-state index is 11.9. The van der Waals surface area contributed by atoms with Crippen LogP contribution >= 0.6 is 23.1 Å². The molecule has 0 saturated carbocycles. The van der Waals surface area contributed by atoms with E-state index >= 15 is 0 Å². The normalized spacial score (nSPS) is 11.7. The summed E-state index contributed by atoms with van der Waals surface area (Å²) >= 11 is 2.87.